The first-order valence-corrected chi connectivity index (χ1v) is 11.2. The third-order valence-corrected chi connectivity index (χ3v) is 7.24. The molecule has 2 aliphatic rings. The monoisotopic (exact) mass is 358 g/mol. The summed E-state index contributed by atoms with van der Waals surface area (Å²) >= 11 is 0. The zero-order valence-electron chi connectivity index (χ0n) is 13.2. The van der Waals surface area contributed by atoms with E-state index in [2.05, 4.69) is 4.72 Å². The highest BCUT2D eigenvalue weighted by Gasteiger charge is 2.28. The van der Waals surface area contributed by atoms with Gasteiger partial charge in [0.1, 0.15) is 0 Å². The minimum Gasteiger partial charge on any atom is -0.270 e. The van der Waals surface area contributed by atoms with Gasteiger partial charge in [0, 0.05) is 12.6 Å². The summed E-state index contributed by atoms with van der Waals surface area (Å²) in [6.07, 6.45) is 6.74. The molecule has 1 fully saturated rings. The van der Waals surface area contributed by atoms with E-state index >= 15 is 0 Å². The lowest BCUT2D eigenvalue weighted by molar-refractivity contribution is 0.412. The lowest BCUT2D eigenvalue weighted by Gasteiger charge is -2.23. The standard InChI is InChI=1S/C15H22N2O4S2/c1-22(18,19)17-10-9-12-11-14(7-8-15(12)17)23(20,21)16-13-5-3-2-4-6-13/h7-8,11,13,16H,2-6,9-10H2,1H3. The molecule has 0 atom stereocenters. The largest absolute Gasteiger partial charge is 0.270 e. The van der Waals surface area contributed by atoms with Crippen molar-refractivity contribution >= 4 is 25.7 Å². The van der Waals surface area contributed by atoms with Gasteiger partial charge in [-0.25, -0.2) is 21.6 Å². The van der Waals surface area contributed by atoms with Crippen LogP contribution in [0.1, 0.15) is 37.7 Å². The molecule has 1 aliphatic heterocycles. The Morgan fingerprint density at radius 1 is 1.09 bits per heavy atom. The number of nitrogens with zero attached hydrogens (tertiary/aromatic N) is 1. The number of rotatable bonds is 4. The van der Waals surface area contributed by atoms with Crippen LogP contribution in [0.15, 0.2) is 23.1 Å². The van der Waals surface area contributed by atoms with Crippen molar-refractivity contribution in [3.05, 3.63) is 23.8 Å². The quantitative estimate of drug-likeness (QED) is 0.886. The number of benzene rings is 1. The summed E-state index contributed by atoms with van der Waals surface area (Å²) in [5.74, 6) is 0. The number of hydrogen-bond donors (Lipinski definition) is 1. The number of fused-ring (bicyclic) bond motifs is 1. The lowest BCUT2D eigenvalue weighted by atomic mass is 9.96. The zero-order valence-corrected chi connectivity index (χ0v) is 14.8. The average molecular weight is 358 g/mol. The van der Waals surface area contributed by atoms with Crippen LogP contribution in [0.5, 0.6) is 0 Å². The second-order valence-electron chi connectivity index (χ2n) is 6.33. The van der Waals surface area contributed by atoms with Crippen LogP contribution in [0.4, 0.5) is 5.69 Å². The SMILES string of the molecule is CS(=O)(=O)N1CCc2cc(S(=O)(=O)NC3CCCCC3)ccc21. The molecule has 8 heteroatoms. The van der Waals surface area contributed by atoms with Gasteiger partial charge in [-0.15, -0.1) is 0 Å². The van der Waals surface area contributed by atoms with E-state index in [9.17, 15) is 16.8 Å². The van der Waals surface area contributed by atoms with Crippen molar-refractivity contribution in [1.82, 2.24) is 4.72 Å². The predicted octanol–water partition coefficient (Wildman–Crippen LogP) is 1.62. The van der Waals surface area contributed by atoms with Crippen molar-refractivity contribution in [2.24, 2.45) is 0 Å². The van der Waals surface area contributed by atoms with E-state index in [1.165, 1.54) is 16.8 Å². The molecule has 1 aromatic rings. The molecule has 0 unspecified atom stereocenters. The fraction of sp³-hybridized carbons (Fsp3) is 0.600. The second-order valence-corrected chi connectivity index (χ2v) is 9.95. The van der Waals surface area contributed by atoms with Gasteiger partial charge in [0.05, 0.1) is 16.8 Å². The molecule has 3 rings (SSSR count). The average Bonchev–Trinajstić information content (AvgIpc) is 2.90. The Hall–Kier alpha value is -1.12. The number of sulfonamides is 2. The number of anilines is 1. The van der Waals surface area contributed by atoms with E-state index in [0.29, 0.717) is 18.7 Å². The summed E-state index contributed by atoms with van der Waals surface area (Å²) < 4.78 is 52.7. The van der Waals surface area contributed by atoms with Crippen molar-refractivity contribution in [3.63, 3.8) is 0 Å². The predicted molar refractivity (Wildman–Crippen MR) is 89.5 cm³/mol. The molecular weight excluding hydrogens is 336 g/mol. The molecule has 0 radical (unpaired) electrons. The minimum atomic E-state index is -3.55. The third-order valence-electron chi connectivity index (χ3n) is 4.54. The zero-order chi connectivity index (χ0) is 16.7. The molecule has 1 N–H and O–H groups in total. The Labute approximate surface area is 138 Å². The van der Waals surface area contributed by atoms with Gasteiger partial charge in [-0.3, -0.25) is 4.31 Å². The van der Waals surface area contributed by atoms with E-state index in [1.54, 1.807) is 12.1 Å². The second kappa shape index (κ2) is 6.07. The number of hydrogen-bond acceptors (Lipinski definition) is 4. The van der Waals surface area contributed by atoms with Gasteiger partial charge in [-0.05, 0) is 43.0 Å². The molecule has 1 aromatic carbocycles. The molecule has 23 heavy (non-hydrogen) atoms. The van der Waals surface area contributed by atoms with Crippen LogP contribution < -0.4 is 9.03 Å². The minimum absolute atomic E-state index is 0.00882. The van der Waals surface area contributed by atoms with E-state index < -0.39 is 20.0 Å². The fourth-order valence-electron chi connectivity index (χ4n) is 3.37. The Bertz CT molecular complexity index is 797. The summed E-state index contributed by atoms with van der Waals surface area (Å²) in [7, 11) is -6.87. The van der Waals surface area contributed by atoms with Gasteiger partial charge in [0.2, 0.25) is 20.0 Å². The van der Waals surface area contributed by atoms with Crippen molar-refractivity contribution in [3.8, 4) is 0 Å². The van der Waals surface area contributed by atoms with Crippen LogP contribution in [0.2, 0.25) is 0 Å². The molecule has 6 nitrogen and oxygen atoms in total. The highest BCUT2D eigenvalue weighted by Crippen LogP contribution is 2.32. The van der Waals surface area contributed by atoms with Crippen molar-refractivity contribution < 1.29 is 16.8 Å². The Morgan fingerprint density at radius 2 is 1.78 bits per heavy atom. The first-order chi connectivity index (χ1) is 10.8. The third kappa shape index (κ3) is 3.54. The number of nitrogens with one attached hydrogen (secondary N) is 1. The van der Waals surface area contributed by atoms with Crippen LogP contribution in [-0.2, 0) is 26.5 Å². The molecule has 0 spiro atoms. The van der Waals surface area contributed by atoms with Crippen LogP contribution in [0, 0.1) is 0 Å². The lowest BCUT2D eigenvalue weighted by Crippen LogP contribution is -2.36. The van der Waals surface area contributed by atoms with Gasteiger partial charge in [-0.1, -0.05) is 19.3 Å². The highest BCUT2D eigenvalue weighted by atomic mass is 32.2. The molecule has 1 saturated carbocycles. The maximum absolute atomic E-state index is 12.5. The molecule has 0 saturated heterocycles. The summed E-state index contributed by atoms with van der Waals surface area (Å²) in [6.45, 7) is 0.369. The molecule has 1 heterocycles. The molecule has 0 bridgehead atoms. The van der Waals surface area contributed by atoms with Gasteiger partial charge < -0.3 is 0 Å². The van der Waals surface area contributed by atoms with Crippen LogP contribution in [0.25, 0.3) is 0 Å². The Balaban J connectivity index is 1.84. The maximum Gasteiger partial charge on any atom is 0.240 e. The van der Waals surface area contributed by atoms with Crippen LogP contribution in [-0.4, -0.2) is 35.7 Å². The smallest absolute Gasteiger partial charge is 0.240 e. The van der Waals surface area contributed by atoms with Gasteiger partial charge in [-0.2, -0.15) is 0 Å². The van der Waals surface area contributed by atoms with Crippen molar-refractivity contribution in [2.75, 3.05) is 17.1 Å². The highest BCUT2D eigenvalue weighted by molar-refractivity contribution is 7.92. The molecule has 0 aromatic heterocycles. The molecular formula is C15H22N2O4S2. The van der Waals surface area contributed by atoms with E-state index in [4.69, 9.17) is 0 Å². The first kappa shape index (κ1) is 16.7. The van der Waals surface area contributed by atoms with Crippen LogP contribution >= 0.6 is 0 Å². The van der Waals surface area contributed by atoms with Gasteiger partial charge in [0.25, 0.3) is 0 Å². The summed E-state index contributed by atoms with van der Waals surface area (Å²) in [5.41, 5.74) is 1.35. The maximum atomic E-state index is 12.5. The van der Waals surface area contributed by atoms with E-state index in [0.717, 1.165) is 37.5 Å². The van der Waals surface area contributed by atoms with Crippen molar-refractivity contribution in [1.29, 1.82) is 0 Å². The Morgan fingerprint density at radius 3 is 2.43 bits per heavy atom. The van der Waals surface area contributed by atoms with Gasteiger partial charge in [0.15, 0.2) is 0 Å². The normalized spacial score (nSPS) is 19.8. The summed E-state index contributed by atoms with van der Waals surface area (Å²) in [4.78, 5) is 0.220. The first-order valence-electron chi connectivity index (χ1n) is 7.90. The fourth-order valence-corrected chi connectivity index (χ4v) is 5.68. The van der Waals surface area contributed by atoms with Crippen molar-refractivity contribution in [2.45, 2.75) is 49.5 Å². The molecule has 128 valence electrons. The summed E-state index contributed by atoms with van der Waals surface area (Å²) in [6, 6.07) is 4.70. The van der Waals surface area contributed by atoms with E-state index in [-0.39, 0.29) is 10.9 Å². The van der Waals surface area contributed by atoms with Gasteiger partial charge >= 0.3 is 0 Å². The molecule has 0 amide bonds. The van der Waals surface area contributed by atoms with Crippen LogP contribution in [0.3, 0.4) is 0 Å². The Kier molecular flexibility index (Phi) is 4.41. The summed E-state index contributed by atoms with van der Waals surface area (Å²) in [5, 5.41) is 0. The van der Waals surface area contributed by atoms with E-state index in [1.807, 2.05) is 0 Å². The topological polar surface area (TPSA) is 83.6 Å². The molecule has 1 aliphatic carbocycles.